The fraction of sp³-hybridized carbons (Fsp3) is 0.500. The maximum Gasteiger partial charge on any atom is 0.415 e. The highest BCUT2D eigenvalue weighted by Gasteiger charge is 2.54. The number of hydrogen-bond acceptors (Lipinski definition) is 7. The second-order valence-electron chi connectivity index (χ2n) is 9.08. The van der Waals surface area contributed by atoms with E-state index in [1.807, 2.05) is 13.8 Å². The Morgan fingerprint density at radius 1 is 1.22 bits per heavy atom. The summed E-state index contributed by atoms with van der Waals surface area (Å²) in [4.78, 5) is 53.9. The minimum atomic E-state index is -1.79. The molecule has 0 aromatic heterocycles. The number of amides is 3. The first-order chi connectivity index (χ1) is 17.4. The molecule has 3 unspecified atom stereocenters. The second kappa shape index (κ2) is 11.3. The van der Waals surface area contributed by atoms with E-state index in [9.17, 15) is 19.2 Å². The van der Waals surface area contributed by atoms with Crippen LogP contribution in [0.1, 0.15) is 26.7 Å². The average Bonchev–Trinajstić information content (AvgIpc) is 3.69. The molecule has 2 aliphatic heterocycles. The van der Waals surface area contributed by atoms with Crippen molar-refractivity contribution < 1.29 is 28.7 Å². The number of carbonyl (C=O) groups is 4. The van der Waals surface area contributed by atoms with Gasteiger partial charge in [-0.25, -0.2) is 9.59 Å². The van der Waals surface area contributed by atoms with Crippen LogP contribution in [0.4, 0.5) is 10.5 Å². The lowest BCUT2D eigenvalue weighted by Crippen LogP contribution is -2.71. The highest BCUT2D eigenvalue weighted by atomic mass is 35.6. The molecule has 1 saturated heterocycles. The van der Waals surface area contributed by atoms with Gasteiger partial charge in [0.1, 0.15) is 36.4 Å². The van der Waals surface area contributed by atoms with Gasteiger partial charge in [-0.15, -0.1) is 11.8 Å². The second-order valence-corrected chi connectivity index (χ2v) is 13.1. The Morgan fingerprint density at radius 2 is 1.89 bits per heavy atom. The number of β-lactam (4-membered cyclic amide) rings is 1. The lowest BCUT2D eigenvalue weighted by atomic mass is 10.0. The Balaban J connectivity index is 1.41. The summed E-state index contributed by atoms with van der Waals surface area (Å²) in [5.74, 6) is -1.49. The molecule has 3 amide bonds. The maximum atomic E-state index is 13.0. The van der Waals surface area contributed by atoms with Crippen molar-refractivity contribution >= 4 is 76.1 Å². The van der Waals surface area contributed by atoms with Crippen molar-refractivity contribution in [2.24, 2.45) is 5.92 Å². The average molecular weight is 591 g/mol. The van der Waals surface area contributed by atoms with Gasteiger partial charge in [0.25, 0.3) is 5.91 Å². The fourth-order valence-electron chi connectivity index (χ4n) is 4.06. The van der Waals surface area contributed by atoms with E-state index < -0.39 is 45.7 Å². The number of thioether (sulfide) groups is 1. The van der Waals surface area contributed by atoms with Crippen LogP contribution in [-0.2, 0) is 23.9 Å². The normalized spacial score (nSPS) is 23.7. The summed E-state index contributed by atoms with van der Waals surface area (Å²) in [7, 11) is 0. The van der Waals surface area contributed by atoms with Gasteiger partial charge in [0.2, 0.25) is 9.70 Å². The van der Waals surface area contributed by atoms with E-state index >= 15 is 0 Å². The van der Waals surface area contributed by atoms with E-state index in [1.54, 1.807) is 36.4 Å². The first-order valence-corrected chi connectivity index (χ1v) is 13.8. The lowest BCUT2D eigenvalue weighted by Gasteiger charge is -2.49. The number of fused-ring (bicyclic) bond motifs is 1. The van der Waals surface area contributed by atoms with Crippen LogP contribution < -0.4 is 10.2 Å². The summed E-state index contributed by atoms with van der Waals surface area (Å²) in [5.41, 5.74) is 0.527. The van der Waals surface area contributed by atoms with Crippen molar-refractivity contribution in [3.63, 3.8) is 0 Å². The van der Waals surface area contributed by atoms with Gasteiger partial charge in [-0.3, -0.25) is 19.4 Å². The molecular weight excluding hydrogens is 565 g/mol. The van der Waals surface area contributed by atoms with Crippen molar-refractivity contribution in [1.29, 1.82) is 0 Å². The Labute approximate surface area is 233 Å². The van der Waals surface area contributed by atoms with E-state index in [2.05, 4.69) is 5.32 Å². The molecule has 37 heavy (non-hydrogen) atoms. The number of benzene rings is 1. The molecule has 0 spiro atoms. The van der Waals surface area contributed by atoms with E-state index in [1.165, 1.54) is 21.6 Å². The van der Waals surface area contributed by atoms with Crippen molar-refractivity contribution in [3.8, 4) is 0 Å². The van der Waals surface area contributed by atoms with Crippen LogP contribution >= 0.6 is 46.6 Å². The number of esters is 1. The Bertz CT molecular complexity index is 1090. The fourth-order valence-corrected chi connectivity index (χ4v) is 5.55. The smallest absolute Gasteiger partial charge is 0.415 e. The third-order valence-electron chi connectivity index (χ3n) is 6.10. The van der Waals surface area contributed by atoms with Crippen molar-refractivity contribution in [2.45, 2.75) is 53.3 Å². The maximum absolute atomic E-state index is 13.0. The summed E-state index contributed by atoms with van der Waals surface area (Å²) in [6.07, 6.45) is 2.71. The molecule has 2 fully saturated rings. The van der Waals surface area contributed by atoms with Gasteiger partial charge in [-0.1, -0.05) is 53.0 Å². The molecule has 4 atom stereocenters. The van der Waals surface area contributed by atoms with Gasteiger partial charge in [0, 0.05) is 10.9 Å². The number of alkyl halides is 3. The summed E-state index contributed by atoms with van der Waals surface area (Å²) in [6, 6.07) is 7.81. The summed E-state index contributed by atoms with van der Waals surface area (Å²) in [6.45, 7) is 2.86. The van der Waals surface area contributed by atoms with Crippen molar-refractivity contribution in [1.82, 2.24) is 10.2 Å². The number of anilines is 1. The number of rotatable bonds is 8. The van der Waals surface area contributed by atoms with Gasteiger partial charge < -0.3 is 14.8 Å². The predicted octanol–water partition coefficient (Wildman–Crippen LogP) is 4.01. The van der Waals surface area contributed by atoms with Crippen molar-refractivity contribution in [3.05, 3.63) is 42.1 Å². The summed E-state index contributed by atoms with van der Waals surface area (Å²) in [5, 5.41) is 2.02. The minimum absolute atomic E-state index is 0.0320. The number of nitrogens with one attached hydrogen (secondary N) is 1. The number of carbonyl (C=O) groups excluding carboxylic acids is 4. The summed E-state index contributed by atoms with van der Waals surface area (Å²) >= 11 is 18.4. The standard InChI is InChI=1S/C24H26Cl3N3O6S/c1-13-10-17(22(33)35-12-24(25,26)27)30-20(32)19(21(30)37-13)28-18(31)11-29(16-6-4-3-5-7-16)23(34)36-14(2)15-8-9-15/h3-7,10,13-15,19,21H,8-9,11-12H2,1-2H3,(H,28,31)/t13?,14?,19?,21-/m1/s1. The molecule has 4 rings (SSSR count). The first-order valence-electron chi connectivity index (χ1n) is 11.7. The third kappa shape index (κ3) is 6.85. The predicted molar refractivity (Wildman–Crippen MR) is 141 cm³/mol. The quantitative estimate of drug-likeness (QED) is 0.277. The number of nitrogens with zero attached hydrogens (tertiary/aromatic N) is 2. The van der Waals surface area contributed by atoms with E-state index in [0.717, 1.165) is 12.8 Å². The Morgan fingerprint density at radius 3 is 2.51 bits per heavy atom. The number of halogens is 3. The van der Waals surface area contributed by atoms with Gasteiger partial charge in [0.05, 0.1) is 0 Å². The van der Waals surface area contributed by atoms with Crippen LogP contribution in [-0.4, -0.2) is 68.5 Å². The SMILES string of the molecule is CC1C=C(C(=O)OCC(Cl)(Cl)Cl)N2C(=O)C(NC(=O)CN(C(=O)OC(C)C3CC3)c3ccccc3)[C@H]2S1. The van der Waals surface area contributed by atoms with Gasteiger partial charge in [-0.05, 0) is 50.8 Å². The number of ether oxygens (including phenoxy) is 2. The van der Waals surface area contributed by atoms with Gasteiger partial charge in [-0.2, -0.15) is 0 Å². The molecule has 200 valence electrons. The molecule has 0 radical (unpaired) electrons. The molecular formula is C24H26Cl3N3O6S. The molecule has 3 aliphatic rings. The Hall–Kier alpha value is -2.14. The van der Waals surface area contributed by atoms with Crippen LogP contribution in [0.2, 0.25) is 0 Å². The highest BCUT2D eigenvalue weighted by molar-refractivity contribution is 8.00. The molecule has 1 aliphatic carbocycles. The monoisotopic (exact) mass is 589 g/mol. The molecule has 0 bridgehead atoms. The van der Waals surface area contributed by atoms with Crippen LogP contribution in [0.5, 0.6) is 0 Å². The van der Waals surface area contributed by atoms with Crippen molar-refractivity contribution in [2.75, 3.05) is 18.1 Å². The van der Waals surface area contributed by atoms with Gasteiger partial charge >= 0.3 is 12.1 Å². The summed E-state index contributed by atoms with van der Waals surface area (Å²) < 4.78 is 8.84. The van der Waals surface area contributed by atoms with E-state index in [0.29, 0.717) is 11.6 Å². The zero-order valence-corrected chi connectivity index (χ0v) is 23.1. The number of hydrogen-bond donors (Lipinski definition) is 1. The number of para-hydroxylation sites is 1. The van der Waals surface area contributed by atoms with Crippen LogP contribution in [0.3, 0.4) is 0 Å². The minimum Gasteiger partial charge on any atom is -0.456 e. The van der Waals surface area contributed by atoms with Gasteiger partial charge in [0.15, 0.2) is 0 Å². The first kappa shape index (κ1) is 27.9. The lowest BCUT2D eigenvalue weighted by molar-refractivity contribution is -0.152. The topological polar surface area (TPSA) is 105 Å². The van der Waals surface area contributed by atoms with Crippen LogP contribution in [0.25, 0.3) is 0 Å². The third-order valence-corrected chi connectivity index (χ3v) is 7.76. The molecule has 1 saturated carbocycles. The van der Waals surface area contributed by atoms with Crippen LogP contribution in [0, 0.1) is 5.92 Å². The zero-order chi connectivity index (χ0) is 26.9. The Kier molecular flexibility index (Phi) is 8.52. The van der Waals surface area contributed by atoms with E-state index in [-0.39, 0.29) is 23.6 Å². The molecule has 1 aromatic rings. The highest BCUT2D eigenvalue weighted by Crippen LogP contribution is 2.41. The largest absolute Gasteiger partial charge is 0.456 e. The molecule has 13 heteroatoms. The van der Waals surface area contributed by atoms with Crippen LogP contribution in [0.15, 0.2) is 42.1 Å². The molecule has 2 heterocycles. The molecule has 1 aromatic carbocycles. The molecule has 9 nitrogen and oxygen atoms in total. The zero-order valence-electron chi connectivity index (χ0n) is 20.1. The molecule has 1 N–H and O–H groups in total. The van der Waals surface area contributed by atoms with E-state index in [4.69, 9.17) is 44.3 Å².